The third-order valence-electron chi connectivity index (χ3n) is 3.14. The zero-order valence-corrected chi connectivity index (χ0v) is 10.9. The first-order chi connectivity index (χ1) is 7.83. The zero-order chi connectivity index (χ0) is 11.4. The van der Waals surface area contributed by atoms with Gasteiger partial charge in [-0.05, 0) is 18.6 Å². The second-order valence-electron chi connectivity index (χ2n) is 4.27. The zero-order valence-electron chi connectivity index (χ0n) is 9.36. The Balaban J connectivity index is 1.95. The van der Waals surface area contributed by atoms with Crippen LogP contribution in [0.5, 0.6) is 0 Å². The molecule has 92 valence electrons. The van der Waals surface area contributed by atoms with Crippen molar-refractivity contribution >= 4 is 29.3 Å². The molecule has 2 fully saturated rings. The van der Waals surface area contributed by atoms with Crippen LogP contribution in [0.1, 0.15) is 19.3 Å². The van der Waals surface area contributed by atoms with Gasteiger partial charge in [-0.3, -0.25) is 4.79 Å². The maximum Gasteiger partial charge on any atom is 0.236 e. The molecule has 2 atom stereocenters. The number of hydrogen-bond acceptors (Lipinski definition) is 3. The van der Waals surface area contributed by atoms with Gasteiger partial charge in [-0.2, -0.15) is 0 Å². The Kier molecular flexibility index (Phi) is 4.79. The van der Waals surface area contributed by atoms with Crippen molar-refractivity contribution in [1.29, 1.82) is 0 Å². The molecule has 2 saturated heterocycles. The summed E-state index contributed by atoms with van der Waals surface area (Å²) in [5.41, 5.74) is 0. The monoisotopic (exact) mass is 263 g/mol. The van der Waals surface area contributed by atoms with E-state index in [2.05, 4.69) is 0 Å². The SMILES string of the molecule is O=C(C1CCCCS1)N1CCOCC1CCl. The second-order valence-corrected chi connectivity index (χ2v) is 5.89. The first-order valence-electron chi connectivity index (χ1n) is 5.88. The number of thioether (sulfide) groups is 1. The smallest absolute Gasteiger partial charge is 0.236 e. The maximum absolute atomic E-state index is 12.3. The summed E-state index contributed by atoms with van der Waals surface area (Å²) in [7, 11) is 0. The summed E-state index contributed by atoms with van der Waals surface area (Å²) in [6.45, 7) is 1.94. The lowest BCUT2D eigenvalue weighted by Gasteiger charge is -2.37. The van der Waals surface area contributed by atoms with Crippen LogP contribution in [0.25, 0.3) is 0 Å². The summed E-state index contributed by atoms with van der Waals surface area (Å²) >= 11 is 7.68. The lowest BCUT2D eigenvalue weighted by Crippen LogP contribution is -2.52. The molecule has 5 heteroatoms. The number of morpholine rings is 1. The standard InChI is InChI=1S/C11H18ClNO2S/c12-7-9-8-15-5-4-13(9)11(14)10-3-1-2-6-16-10/h9-10H,1-8H2. The van der Waals surface area contributed by atoms with Gasteiger partial charge in [0.05, 0.1) is 24.5 Å². The molecule has 3 nitrogen and oxygen atoms in total. The molecule has 0 spiro atoms. The number of rotatable bonds is 2. The lowest BCUT2D eigenvalue weighted by molar-refractivity contribution is -0.138. The molecule has 0 N–H and O–H groups in total. The molecular formula is C11H18ClNO2S. The Labute approximate surface area is 106 Å². The van der Waals surface area contributed by atoms with Gasteiger partial charge in [0, 0.05) is 12.4 Å². The van der Waals surface area contributed by atoms with E-state index in [0.717, 1.165) is 12.2 Å². The van der Waals surface area contributed by atoms with Crippen molar-refractivity contribution in [2.24, 2.45) is 0 Å². The van der Waals surface area contributed by atoms with Gasteiger partial charge < -0.3 is 9.64 Å². The van der Waals surface area contributed by atoms with E-state index in [0.29, 0.717) is 25.6 Å². The van der Waals surface area contributed by atoms with Crippen molar-refractivity contribution in [2.45, 2.75) is 30.6 Å². The first kappa shape index (κ1) is 12.5. The fourth-order valence-corrected chi connectivity index (χ4v) is 3.72. The minimum Gasteiger partial charge on any atom is -0.377 e. The van der Waals surface area contributed by atoms with E-state index in [1.165, 1.54) is 12.8 Å². The summed E-state index contributed by atoms with van der Waals surface area (Å²) in [4.78, 5) is 14.2. The van der Waals surface area contributed by atoms with Crippen molar-refractivity contribution in [1.82, 2.24) is 4.90 Å². The largest absolute Gasteiger partial charge is 0.377 e. The fourth-order valence-electron chi connectivity index (χ4n) is 2.19. The molecular weight excluding hydrogens is 246 g/mol. The quantitative estimate of drug-likeness (QED) is 0.711. The van der Waals surface area contributed by atoms with Gasteiger partial charge in [-0.15, -0.1) is 23.4 Å². The highest BCUT2D eigenvalue weighted by Gasteiger charge is 2.32. The highest BCUT2D eigenvalue weighted by molar-refractivity contribution is 8.00. The molecule has 2 rings (SSSR count). The van der Waals surface area contributed by atoms with Crippen LogP contribution in [-0.2, 0) is 9.53 Å². The average Bonchev–Trinajstić information content (AvgIpc) is 2.39. The van der Waals surface area contributed by atoms with Gasteiger partial charge >= 0.3 is 0 Å². The first-order valence-corrected chi connectivity index (χ1v) is 7.47. The number of ether oxygens (including phenoxy) is 1. The van der Waals surface area contributed by atoms with Crippen LogP contribution < -0.4 is 0 Å². The van der Waals surface area contributed by atoms with Crippen LogP contribution in [0, 0.1) is 0 Å². The molecule has 2 heterocycles. The van der Waals surface area contributed by atoms with E-state index in [1.54, 1.807) is 11.8 Å². The molecule has 16 heavy (non-hydrogen) atoms. The van der Waals surface area contributed by atoms with Crippen LogP contribution in [0.2, 0.25) is 0 Å². The predicted molar refractivity (Wildman–Crippen MR) is 67.1 cm³/mol. The van der Waals surface area contributed by atoms with E-state index in [-0.39, 0.29) is 17.2 Å². The minimum atomic E-state index is 0.0745. The lowest BCUT2D eigenvalue weighted by atomic mass is 10.1. The average molecular weight is 264 g/mol. The number of nitrogens with zero attached hydrogens (tertiary/aromatic N) is 1. The Morgan fingerprint density at radius 2 is 2.38 bits per heavy atom. The van der Waals surface area contributed by atoms with Gasteiger partial charge in [-0.1, -0.05) is 6.42 Å². The second kappa shape index (κ2) is 6.12. The summed E-state index contributed by atoms with van der Waals surface area (Å²) < 4.78 is 5.36. The van der Waals surface area contributed by atoms with Gasteiger partial charge in [0.2, 0.25) is 5.91 Å². The number of carbonyl (C=O) groups excluding carboxylic acids is 1. The van der Waals surface area contributed by atoms with Crippen LogP contribution in [-0.4, -0.2) is 53.5 Å². The summed E-state index contributed by atoms with van der Waals surface area (Å²) in [6, 6.07) is 0.0745. The molecule has 2 aliphatic heterocycles. The molecule has 0 saturated carbocycles. The minimum absolute atomic E-state index is 0.0745. The highest BCUT2D eigenvalue weighted by atomic mass is 35.5. The third-order valence-corrected chi connectivity index (χ3v) is 4.86. The van der Waals surface area contributed by atoms with E-state index < -0.39 is 0 Å². The van der Waals surface area contributed by atoms with Crippen LogP contribution in [0.3, 0.4) is 0 Å². The van der Waals surface area contributed by atoms with Crippen molar-refractivity contribution in [2.75, 3.05) is 31.4 Å². The van der Waals surface area contributed by atoms with Gasteiger partial charge in [-0.25, -0.2) is 0 Å². The summed E-state index contributed by atoms with van der Waals surface area (Å²) in [5, 5.41) is 0.164. The molecule has 2 unspecified atom stereocenters. The highest BCUT2D eigenvalue weighted by Crippen LogP contribution is 2.27. The number of amides is 1. The Hall–Kier alpha value is 0.0700. The maximum atomic E-state index is 12.3. The molecule has 0 aromatic carbocycles. The molecule has 0 aliphatic carbocycles. The van der Waals surface area contributed by atoms with Crippen molar-refractivity contribution in [3.05, 3.63) is 0 Å². The molecule has 0 aromatic rings. The summed E-state index contributed by atoms with van der Waals surface area (Å²) in [5.74, 6) is 1.87. The number of halogens is 1. The Bertz CT molecular complexity index is 246. The van der Waals surface area contributed by atoms with Crippen molar-refractivity contribution < 1.29 is 9.53 Å². The van der Waals surface area contributed by atoms with Gasteiger partial charge in [0.1, 0.15) is 0 Å². The number of carbonyl (C=O) groups is 1. The molecule has 2 aliphatic rings. The van der Waals surface area contributed by atoms with E-state index in [4.69, 9.17) is 16.3 Å². The Morgan fingerprint density at radius 1 is 1.50 bits per heavy atom. The van der Waals surface area contributed by atoms with E-state index in [1.807, 2.05) is 4.90 Å². The third kappa shape index (κ3) is 2.84. The Morgan fingerprint density at radius 3 is 3.06 bits per heavy atom. The van der Waals surface area contributed by atoms with E-state index >= 15 is 0 Å². The van der Waals surface area contributed by atoms with Crippen molar-refractivity contribution in [3.8, 4) is 0 Å². The number of hydrogen-bond donors (Lipinski definition) is 0. The topological polar surface area (TPSA) is 29.5 Å². The fraction of sp³-hybridized carbons (Fsp3) is 0.909. The normalized spacial score (nSPS) is 31.4. The predicted octanol–water partition coefficient (Wildman–Crippen LogP) is 1.74. The van der Waals surface area contributed by atoms with Crippen LogP contribution >= 0.6 is 23.4 Å². The molecule has 1 amide bonds. The number of alkyl halides is 1. The summed E-state index contributed by atoms with van der Waals surface area (Å²) in [6.07, 6.45) is 3.45. The van der Waals surface area contributed by atoms with E-state index in [9.17, 15) is 4.79 Å². The van der Waals surface area contributed by atoms with Crippen LogP contribution in [0.4, 0.5) is 0 Å². The van der Waals surface area contributed by atoms with Gasteiger partial charge in [0.25, 0.3) is 0 Å². The van der Waals surface area contributed by atoms with Crippen LogP contribution in [0.15, 0.2) is 0 Å². The molecule has 0 radical (unpaired) electrons. The molecule has 0 bridgehead atoms. The molecule has 0 aromatic heterocycles. The van der Waals surface area contributed by atoms with Gasteiger partial charge in [0.15, 0.2) is 0 Å². The van der Waals surface area contributed by atoms with Crippen molar-refractivity contribution in [3.63, 3.8) is 0 Å².